The maximum absolute atomic E-state index is 13.3. The molecular weight excluding hydrogens is 460 g/mol. The number of ether oxygens (including phenoxy) is 1. The van der Waals surface area contributed by atoms with Crippen LogP contribution in [-0.2, 0) is 25.8 Å². The molecule has 2 aromatic carbocycles. The Morgan fingerprint density at radius 2 is 1.56 bits per heavy atom. The Morgan fingerprint density at radius 3 is 2.12 bits per heavy atom. The molecule has 2 N–H and O–H groups in total. The highest BCUT2D eigenvalue weighted by molar-refractivity contribution is 7.93. The second-order valence-corrected chi connectivity index (χ2v) is 10.7. The molecule has 3 amide bonds. The first-order valence-electron chi connectivity index (χ1n) is 11.1. The number of nitrogens with zero attached hydrogens (tertiary/aromatic N) is 1. The van der Waals surface area contributed by atoms with Gasteiger partial charge in [0, 0.05) is 19.8 Å². The topological polar surface area (TPSA) is 130 Å². The fourth-order valence-electron chi connectivity index (χ4n) is 4.52. The van der Waals surface area contributed by atoms with Crippen LogP contribution in [0.5, 0.6) is 0 Å². The minimum Gasteiger partial charge on any atom is -0.381 e. The summed E-state index contributed by atoms with van der Waals surface area (Å²) in [4.78, 5) is 38.5. The zero-order valence-electron chi connectivity index (χ0n) is 18.5. The molecule has 2 aromatic rings. The predicted octanol–water partition coefficient (Wildman–Crippen LogP) is 2.13. The number of hydrogen-bond donors (Lipinski definition) is 2. The van der Waals surface area contributed by atoms with Crippen molar-refractivity contribution in [3.8, 4) is 0 Å². The van der Waals surface area contributed by atoms with Crippen molar-refractivity contribution in [2.75, 3.05) is 19.8 Å². The van der Waals surface area contributed by atoms with Crippen molar-refractivity contribution in [1.82, 2.24) is 10.4 Å². The largest absolute Gasteiger partial charge is 0.381 e. The van der Waals surface area contributed by atoms with Crippen LogP contribution in [0.15, 0.2) is 53.4 Å². The Balaban J connectivity index is 1.37. The van der Waals surface area contributed by atoms with E-state index in [4.69, 9.17) is 9.94 Å². The van der Waals surface area contributed by atoms with E-state index in [-0.39, 0.29) is 42.8 Å². The number of carbonyl (C=O) groups is 3. The zero-order chi connectivity index (χ0) is 24.3. The van der Waals surface area contributed by atoms with Crippen molar-refractivity contribution in [2.45, 2.75) is 41.7 Å². The molecule has 0 aromatic heterocycles. The quantitative estimate of drug-likeness (QED) is 0.253. The summed E-state index contributed by atoms with van der Waals surface area (Å²) < 4.78 is 30.0. The molecule has 2 aliphatic heterocycles. The van der Waals surface area contributed by atoms with Crippen LogP contribution < -0.4 is 5.48 Å². The average Bonchev–Trinajstić information content (AvgIpc) is 3.11. The van der Waals surface area contributed by atoms with Crippen LogP contribution in [0.3, 0.4) is 0 Å². The van der Waals surface area contributed by atoms with Crippen LogP contribution >= 0.6 is 0 Å². The van der Waals surface area contributed by atoms with Gasteiger partial charge in [-0.3, -0.25) is 24.5 Å². The molecule has 4 rings (SSSR count). The van der Waals surface area contributed by atoms with E-state index in [1.54, 1.807) is 36.4 Å². The van der Waals surface area contributed by atoms with Crippen molar-refractivity contribution < 1.29 is 32.7 Å². The van der Waals surface area contributed by atoms with Crippen molar-refractivity contribution in [1.29, 1.82) is 0 Å². The maximum atomic E-state index is 13.3. The molecule has 0 bridgehead atoms. The molecule has 0 spiro atoms. The van der Waals surface area contributed by atoms with E-state index in [1.165, 1.54) is 22.5 Å². The van der Waals surface area contributed by atoms with Crippen molar-refractivity contribution >= 4 is 27.6 Å². The van der Waals surface area contributed by atoms with Crippen molar-refractivity contribution in [3.05, 3.63) is 65.2 Å². The molecule has 1 fully saturated rings. The molecule has 2 heterocycles. The number of hydroxylamine groups is 1. The van der Waals surface area contributed by atoms with Gasteiger partial charge in [-0.15, -0.1) is 0 Å². The summed E-state index contributed by atoms with van der Waals surface area (Å²) in [5.74, 6) is -1.50. The third-order valence-corrected chi connectivity index (χ3v) is 9.05. The van der Waals surface area contributed by atoms with Crippen LogP contribution in [0.25, 0.3) is 0 Å². The first-order valence-corrected chi connectivity index (χ1v) is 12.6. The fraction of sp³-hybridized carbons (Fsp3) is 0.375. The SMILES string of the molecule is O=C1c2ccccc2C(=O)N1CCCCc1ccc(S(=O)(=O)C2(C(=O)NO)CCOCC2)cc1. The van der Waals surface area contributed by atoms with E-state index in [2.05, 4.69) is 0 Å². The summed E-state index contributed by atoms with van der Waals surface area (Å²) in [6, 6.07) is 13.1. The zero-order valence-corrected chi connectivity index (χ0v) is 19.3. The summed E-state index contributed by atoms with van der Waals surface area (Å²) in [6.07, 6.45) is 1.88. The lowest BCUT2D eigenvalue weighted by Crippen LogP contribution is -2.54. The number of amides is 3. The van der Waals surface area contributed by atoms with Crippen LogP contribution in [0.1, 0.15) is 52.0 Å². The molecule has 180 valence electrons. The second kappa shape index (κ2) is 9.65. The maximum Gasteiger partial charge on any atom is 0.265 e. The van der Waals surface area contributed by atoms with Crippen molar-refractivity contribution in [2.24, 2.45) is 0 Å². The van der Waals surface area contributed by atoms with Gasteiger partial charge in [0.25, 0.3) is 17.7 Å². The molecule has 34 heavy (non-hydrogen) atoms. The first kappa shape index (κ1) is 24.1. The summed E-state index contributed by atoms with van der Waals surface area (Å²) in [6.45, 7) is 0.537. The summed E-state index contributed by atoms with van der Waals surface area (Å²) >= 11 is 0. The third-order valence-electron chi connectivity index (χ3n) is 6.54. The average molecular weight is 487 g/mol. The summed E-state index contributed by atoms with van der Waals surface area (Å²) in [7, 11) is -4.06. The lowest BCUT2D eigenvalue weighted by molar-refractivity contribution is -0.134. The fourth-order valence-corrected chi connectivity index (χ4v) is 6.46. The number of imide groups is 1. The number of benzene rings is 2. The molecule has 10 heteroatoms. The Bertz CT molecular complexity index is 1170. The monoisotopic (exact) mass is 486 g/mol. The normalized spacial score (nSPS) is 17.5. The van der Waals surface area contributed by atoms with Crippen molar-refractivity contribution in [3.63, 3.8) is 0 Å². The number of unbranched alkanes of at least 4 members (excludes halogenated alkanes) is 1. The number of nitrogens with one attached hydrogen (secondary N) is 1. The lowest BCUT2D eigenvalue weighted by Gasteiger charge is -2.34. The van der Waals surface area contributed by atoms with E-state index < -0.39 is 20.5 Å². The number of fused-ring (bicyclic) bond motifs is 1. The molecule has 0 aliphatic carbocycles. The third kappa shape index (κ3) is 4.13. The molecule has 1 saturated heterocycles. The van der Waals surface area contributed by atoms with E-state index >= 15 is 0 Å². The van der Waals surface area contributed by atoms with Crippen LogP contribution in [-0.4, -0.2) is 60.8 Å². The van der Waals surface area contributed by atoms with Crippen LogP contribution in [0.4, 0.5) is 0 Å². The highest BCUT2D eigenvalue weighted by Crippen LogP contribution is 2.35. The second-order valence-electron chi connectivity index (χ2n) is 8.46. The van der Waals surface area contributed by atoms with E-state index in [1.807, 2.05) is 0 Å². The molecule has 0 atom stereocenters. The molecule has 2 aliphatic rings. The number of sulfone groups is 1. The molecule has 9 nitrogen and oxygen atoms in total. The number of rotatable bonds is 8. The standard InChI is InChI=1S/C24H26N2O7S/c27-21-19-6-1-2-7-20(19)22(28)26(21)14-4-3-5-17-8-10-18(11-9-17)34(31,32)24(23(29)25-30)12-15-33-16-13-24/h1-2,6-11,30H,3-5,12-16H2,(H,25,29). The van der Waals surface area contributed by atoms with Gasteiger partial charge in [-0.2, -0.15) is 0 Å². The molecule has 0 unspecified atom stereocenters. The van der Waals surface area contributed by atoms with Gasteiger partial charge in [-0.25, -0.2) is 13.9 Å². The van der Waals surface area contributed by atoms with Gasteiger partial charge in [0.15, 0.2) is 14.6 Å². The van der Waals surface area contributed by atoms with Gasteiger partial charge in [-0.05, 0) is 61.9 Å². The Hall–Kier alpha value is -3.08. The molecular formula is C24H26N2O7S. The highest BCUT2D eigenvalue weighted by atomic mass is 32.2. The van der Waals surface area contributed by atoms with Crippen LogP contribution in [0, 0.1) is 0 Å². The minimum absolute atomic E-state index is 0.00720. The number of aryl methyl sites for hydroxylation is 1. The minimum atomic E-state index is -4.06. The van der Waals surface area contributed by atoms with Gasteiger partial charge in [0.2, 0.25) is 0 Å². The summed E-state index contributed by atoms with van der Waals surface area (Å²) in [5, 5.41) is 9.14. The Kier molecular flexibility index (Phi) is 6.83. The lowest BCUT2D eigenvalue weighted by atomic mass is 9.98. The van der Waals surface area contributed by atoms with E-state index in [0.29, 0.717) is 36.9 Å². The first-order chi connectivity index (χ1) is 16.3. The number of carbonyl (C=O) groups excluding carboxylic acids is 3. The predicted molar refractivity (Wildman–Crippen MR) is 121 cm³/mol. The van der Waals surface area contributed by atoms with Gasteiger partial charge >= 0.3 is 0 Å². The van der Waals surface area contributed by atoms with Gasteiger partial charge < -0.3 is 4.74 Å². The molecule has 0 saturated carbocycles. The highest BCUT2D eigenvalue weighted by Gasteiger charge is 2.52. The summed E-state index contributed by atoms with van der Waals surface area (Å²) in [5.41, 5.74) is 3.27. The van der Waals surface area contributed by atoms with Crippen LogP contribution in [0.2, 0.25) is 0 Å². The Labute approximate surface area is 197 Å². The van der Waals surface area contributed by atoms with Gasteiger partial charge in [0.1, 0.15) is 0 Å². The Morgan fingerprint density at radius 1 is 0.971 bits per heavy atom. The van der Waals surface area contributed by atoms with E-state index in [0.717, 1.165) is 5.56 Å². The van der Waals surface area contributed by atoms with Gasteiger partial charge in [-0.1, -0.05) is 24.3 Å². The molecule has 0 radical (unpaired) electrons. The smallest absolute Gasteiger partial charge is 0.265 e. The van der Waals surface area contributed by atoms with E-state index in [9.17, 15) is 22.8 Å². The number of hydrogen-bond acceptors (Lipinski definition) is 7. The van der Waals surface area contributed by atoms with Gasteiger partial charge in [0.05, 0.1) is 16.0 Å².